The second-order valence-corrected chi connectivity index (χ2v) is 7.57. The first kappa shape index (κ1) is 36.7. The molecule has 4 aromatic carbocycles. The van der Waals surface area contributed by atoms with E-state index in [0.29, 0.717) is 0 Å². The van der Waals surface area contributed by atoms with Crippen molar-refractivity contribution in [2.24, 2.45) is 0 Å². The summed E-state index contributed by atoms with van der Waals surface area (Å²) in [7, 11) is 0. The summed E-state index contributed by atoms with van der Waals surface area (Å²) in [4.78, 5) is 0. The van der Waals surface area contributed by atoms with Gasteiger partial charge in [-0.1, -0.05) is 134 Å². The summed E-state index contributed by atoms with van der Waals surface area (Å²) in [6.07, 6.45) is 5.97. The molecule has 0 atom stereocenters. The topological polar surface area (TPSA) is 9.86 Å². The zero-order valence-corrected chi connectivity index (χ0v) is 26.9. The maximum atomic E-state index is 3.36. The molecule has 0 aliphatic carbocycles. The monoisotopic (exact) mass is 548 g/mol. The Bertz CT molecular complexity index is 1310. The molecule has 218 valence electrons. The molecule has 0 spiro atoms. The molecular formula is C39H52N2. The van der Waals surface area contributed by atoms with Crippen LogP contribution in [-0.2, 0) is 0 Å². The first-order valence-electron chi connectivity index (χ1n) is 15.1. The zero-order chi connectivity index (χ0) is 30.9. The van der Waals surface area contributed by atoms with Crippen LogP contribution in [0.5, 0.6) is 0 Å². The van der Waals surface area contributed by atoms with Gasteiger partial charge in [-0.3, -0.25) is 0 Å². The first-order valence-corrected chi connectivity index (χ1v) is 15.1. The van der Waals surface area contributed by atoms with E-state index < -0.39 is 0 Å². The molecule has 0 amide bonds. The van der Waals surface area contributed by atoms with Crippen molar-refractivity contribution in [1.29, 1.82) is 0 Å². The predicted octanol–water partition coefficient (Wildman–Crippen LogP) is 12.6. The average molecular weight is 549 g/mol. The summed E-state index contributed by atoms with van der Waals surface area (Å²) in [6, 6.07) is 41.9. The van der Waals surface area contributed by atoms with Crippen molar-refractivity contribution in [2.75, 3.05) is 0 Å². The molecule has 0 N–H and O–H groups in total. The van der Waals surface area contributed by atoms with Gasteiger partial charge in [-0.05, 0) is 66.2 Å². The highest BCUT2D eigenvalue weighted by Crippen LogP contribution is 2.20. The van der Waals surface area contributed by atoms with Gasteiger partial charge in [0.2, 0.25) is 0 Å². The van der Waals surface area contributed by atoms with Crippen LogP contribution in [0.1, 0.15) is 62.3 Å². The van der Waals surface area contributed by atoms with E-state index >= 15 is 0 Å². The molecule has 0 aliphatic heterocycles. The number of benzene rings is 4. The lowest BCUT2D eigenvalue weighted by molar-refractivity contribution is 1.13. The van der Waals surface area contributed by atoms with Gasteiger partial charge in [0.15, 0.2) is 0 Å². The highest BCUT2D eigenvalue weighted by molar-refractivity contribution is 5.82. The van der Waals surface area contributed by atoms with E-state index in [1.54, 1.807) is 6.08 Å². The Hall–Kier alpha value is -4.30. The molecule has 0 saturated carbocycles. The van der Waals surface area contributed by atoms with Crippen LogP contribution in [0.25, 0.3) is 33.2 Å². The molecule has 0 unspecified atom stereocenters. The van der Waals surface area contributed by atoms with Gasteiger partial charge in [0.1, 0.15) is 0 Å². The van der Waals surface area contributed by atoms with Crippen molar-refractivity contribution in [1.82, 2.24) is 9.13 Å². The lowest BCUT2D eigenvalue weighted by Crippen LogP contribution is -1.89. The number of nitrogens with zero attached hydrogens (tertiary/aromatic N) is 2. The van der Waals surface area contributed by atoms with Gasteiger partial charge in [0.25, 0.3) is 0 Å². The summed E-state index contributed by atoms with van der Waals surface area (Å²) >= 11 is 0. The average Bonchev–Trinajstić information content (AvgIpc) is 3.71. The van der Waals surface area contributed by atoms with Crippen molar-refractivity contribution in [2.45, 2.75) is 62.3 Å². The molecule has 6 aromatic rings. The van der Waals surface area contributed by atoms with Gasteiger partial charge >= 0.3 is 0 Å². The maximum Gasteiger partial charge on any atom is 0.0528 e. The van der Waals surface area contributed by atoms with E-state index in [0.717, 1.165) is 0 Å². The molecular weight excluding hydrogens is 496 g/mol. The predicted molar refractivity (Wildman–Crippen MR) is 188 cm³/mol. The summed E-state index contributed by atoms with van der Waals surface area (Å²) in [5.74, 6) is 0. The Morgan fingerprint density at radius 1 is 0.415 bits per heavy atom. The molecule has 0 aliphatic rings. The highest BCUT2D eigenvalue weighted by atomic mass is 15.0. The van der Waals surface area contributed by atoms with Crippen LogP contribution < -0.4 is 0 Å². The van der Waals surface area contributed by atoms with Crippen molar-refractivity contribution in [3.63, 3.8) is 0 Å². The molecule has 2 aromatic heterocycles. The van der Waals surface area contributed by atoms with E-state index in [-0.39, 0.29) is 0 Å². The molecule has 2 heterocycles. The molecule has 2 nitrogen and oxygen atoms in total. The van der Waals surface area contributed by atoms with Crippen molar-refractivity contribution >= 4 is 21.8 Å². The molecule has 2 heteroatoms. The summed E-state index contributed by atoms with van der Waals surface area (Å²) in [5, 5.41) is 2.56. The molecule has 0 radical (unpaired) electrons. The SMILES string of the molecule is C=CC.CC.CC.CC.CC.c1ccc(-n2ccc3ccccc32)cc1.c1ccc(-n2ccc3ccccc32)cc1. The minimum Gasteiger partial charge on any atom is -0.317 e. The summed E-state index contributed by atoms with van der Waals surface area (Å²) in [6.45, 7) is 21.2. The molecule has 41 heavy (non-hydrogen) atoms. The van der Waals surface area contributed by atoms with Crippen LogP contribution in [0.2, 0.25) is 0 Å². The van der Waals surface area contributed by atoms with Crippen LogP contribution in [0, 0.1) is 0 Å². The lowest BCUT2D eigenvalue weighted by atomic mass is 10.2. The quantitative estimate of drug-likeness (QED) is 0.190. The van der Waals surface area contributed by atoms with E-state index in [1.807, 2.05) is 74.4 Å². The minimum atomic E-state index is 1.21. The Morgan fingerprint density at radius 3 is 1.00 bits per heavy atom. The summed E-state index contributed by atoms with van der Waals surface area (Å²) in [5.41, 5.74) is 4.92. The fourth-order valence-electron chi connectivity index (χ4n) is 3.79. The fraction of sp³-hybridized carbons (Fsp3) is 0.231. The Labute approximate surface area is 250 Å². The Morgan fingerprint density at radius 2 is 0.683 bits per heavy atom. The smallest absolute Gasteiger partial charge is 0.0528 e. The second kappa shape index (κ2) is 23.6. The van der Waals surface area contributed by atoms with Crippen LogP contribution >= 0.6 is 0 Å². The number of fused-ring (bicyclic) bond motifs is 2. The number of para-hydroxylation sites is 4. The van der Waals surface area contributed by atoms with Crippen LogP contribution in [-0.4, -0.2) is 9.13 Å². The van der Waals surface area contributed by atoms with Crippen LogP contribution in [0.15, 0.2) is 146 Å². The van der Waals surface area contributed by atoms with E-state index in [9.17, 15) is 0 Å². The fourth-order valence-corrected chi connectivity index (χ4v) is 3.79. The third kappa shape index (κ3) is 11.4. The highest BCUT2D eigenvalue weighted by Gasteiger charge is 2.01. The standard InChI is InChI=1S/2C14H11N.C3H6.4C2H6/c2*1-2-7-13(8-3-1)15-11-10-12-6-4-5-9-14(12)15;1-3-2;4*1-2/h2*1-11H;3H,1H2,2H3;4*1-2H3. The summed E-state index contributed by atoms with van der Waals surface area (Å²) < 4.78 is 4.41. The molecule has 0 fully saturated rings. The van der Waals surface area contributed by atoms with Gasteiger partial charge in [0.05, 0.1) is 11.0 Å². The number of hydrogen-bond donors (Lipinski definition) is 0. The zero-order valence-electron chi connectivity index (χ0n) is 26.9. The third-order valence-electron chi connectivity index (χ3n) is 5.27. The third-order valence-corrected chi connectivity index (χ3v) is 5.27. The number of allylic oxidation sites excluding steroid dienone is 1. The largest absolute Gasteiger partial charge is 0.317 e. The number of rotatable bonds is 2. The van der Waals surface area contributed by atoms with Gasteiger partial charge in [-0.2, -0.15) is 0 Å². The normalized spacial score (nSPS) is 8.71. The van der Waals surface area contributed by atoms with E-state index in [4.69, 9.17) is 0 Å². The van der Waals surface area contributed by atoms with Crippen LogP contribution in [0.4, 0.5) is 0 Å². The number of aromatic nitrogens is 2. The number of hydrogen-bond acceptors (Lipinski definition) is 0. The molecule has 0 bridgehead atoms. The maximum absolute atomic E-state index is 3.36. The Balaban J connectivity index is 0.000000585. The van der Waals surface area contributed by atoms with Crippen molar-refractivity contribution in [3.8, 4) is 11.4 Å². The van der Waals surface area contributed by atoms with E-state index in [1.165, 1.54) is 33.2 Å². The van der Waals surface area contributed by atoms with Crippen LogP contribution in [0.3, 0.4) is 0 Å². The molecule has 6 rings (SSSR count). The first-order chi connectivity index (χ1) is 20.3. The van der Waals surface area contributed by atoms with Crippen molar-refractivity contribution < 1.29 is 0 Å². The lowest BCUT2D eigenvalue weighted by Gasteiger charge is -2.04. The molecule has 0 saturated heterocycles. The van der Waals surface area contributed by atoms with Crippen molar-refractivity contribution in [3.05, 3.63) is 146 Å². The Kier molecular flexibility index (Phi) is 21.1. The van der Waals surface area contributed by atoms with E-state index in [2.05, 4.69) is 137 Å². The van der Waals surface area contributed by atoms with Gasteiger partial charge in [0, 0.05) is 23.8 Å². The second-order valence-electron chi connectivity index (χ2n) is 7.57. The van der Waals surface area contributed by atoms with Gasteiger partial charge in [-0.25, -0.2) is 0 Å². The van der Waals surface area contributed by atoms with Gasteiger partial charge in [-0.15, -0.1) is 6.58 Å². The van der Waals surface area contributed by atoms with Gasteiger partial charge < -0.3 is 9.13 Å². The minimum absolute atomic E-state index is 1.21.